The van der Waals surface area contributed by atoms with Crippen molar-refractivity contribution in [2.75, 3.05) is 23.3 Å². The van der Waals surface area contributed by atoms with E-state index in [0.717, 1.165) is 24.5 Å². The average molecular weight is 366 g/mol. The maximum Gasteiger partial charge on any atom is 0.293 e. The number of anilines is 2. The van der Waals surface area contributed by atoms with E-state index < -0.39 is 10.5 Å². The number of fused-ring (bicyclic) bond motifs is 1. The van der Waals surface area contributed by atoms with Crippen molar-refractivity contribution in [2.45, 2.75) is 19.4 Å². The van der Waals surface area contributed by atoms with E-state index in [1.807, 2.05) is 12.1 Å². The molecule has 3 heterocycles. The topological polar surface area (TPSA) is 117 Å². The molecule has 3 aromatic rings. The number of aromatic amines is 1. The van der Waals surface area contributed by atoms with Crippen molar-refractivity contribution in [3.8, 4) is 0 Å². The molecule has 9 nitrogen and oxygen atoms in total. The molecule has 1 saturated heterocycles. The highest BCUT2D eigenvalue weighted by Gasteiger charge is 2.18. The van der Waals surface area contributed by atoms with Crippen molar-refractivity contribution < 1.29 is 4.92 Å². The van der Waals surface area contributed by atoms with Gasteiger partial charge in [0.25, 0.3) is 11.2 Å². The third kappa shape index (κ3) is 3.43. The molecule has 0 unspecified atom stereocenters. The van der Waals surface area contributed by atoms with Gasteiger partial charge in [-0.25, -0.2) is 9.97 Å². The van der Waals surface area contributed by atoms with E-state index in [1.54, 1.807) is 6.20 Å². The van der Waals surface area contributed by atoms with Crippen molar-refractivity contribution in [3.05, 3.63) is 62.8 Å². The van der Waals surface area contributed by atoms with Gasteiger partial charge in [0.05, 0.1) is 22.2 Å². The molecule has 1 aliphatic heterocycles. The SMILES string of the molecule is O=c1[nH]cnc2cc(NCc3ccnc(N4CCCC4)c3)c([N+](=O)[O-])cc12. The van der Waals surface area contributed by atoms with Crippen LogP contribution in [-0.2, 0) is 6.54 Å². The fourth-order valence-corrected chi connectivity index (χ4v) is 3.28. The summed E-state index contributed by atoms with van der Waals surface area (Å²) in [4.78, 5) is 36.0. The van der Waals surface area contributed by atoms with E-state index in [2.05, 4.69) is 25.2 Å². The molecule has 0 bridgehead atoms. The molecule has 1 fully saturated rings. The summed E-state index contributed by atoms with van der Waals surface area (Å²) in [5.74, 6) is 0.924. The summed E-state index contributed by atoms with van der Waals surface area (Å²) < 4.78 is 0. The number of nitro groups is 1. The Morgan fingerprint density at radius 3 is 2.81 bits per heavy atom. The van der Waals surface area contributed by atoms with Gasteiger partial charge in [0, 0.05) is 31.9 Å². The Balaban J connectivity index is 1.61. The molecule has 1 aliphatic rings. The van der Waals surface area contributed by atoms with E-state index in [0.29, 0.717) is 17.7 Å². The minimum absolute atomic E-state index is 0.158. The van der Waals surface area contributed by atoms with Gasteiger partial charge in [-0.05, 0) is 36.6 Å². The van der Waals surface area contributed by atoms with Crippen LogP contribution in [0.15, 0.2) is 41.6 Å². The molecule has 9 heteroatoms. The van der Waals surface area contributed by atoms with Crippen LogP contribution in [-0.4, -0.2) is 33.0 Å². The predicted molar refractivity (Wildman–Crippen MR) is 102 cm³/mol. The summed E-state index contributed by atoms with van der Waals surface area (Å²) in [6, 6.07) is 6.66. The second-order valence-electron chi connectivity index (χ2n) is 6.45. The van der Waals surface area contributed by atoms with Crippen LogP contribution < -0.4 is 15.8 Å². The van der Waals surface area contributed by atoms with E-state index in [4.69, 9.17) is 0 Å². The molecule has 0 saturated carbocycles. The zero-order chi connectivity index (χ0) is 18.8. The Bertz CT molecular complexity index is 1060. The van der Waals surface area contributed by atoms with Crippen molar-refractivity contribution in [1.29, 1.82) is 0 Å². The van der Waals surface area contributed by atoms with E-state index in [1.165, 1.54) is 31.3 Å². The molecule has 4 rings (SSSR count). The Hall–Kier alpha value is -3.49. The lowest BCUT2D eigenvalue weighted by Crippen LogP contribution is -2.19. The summed E-state index contributed by atoms with van der Waals surface area (Å²) in [5, 5.41) is 14.7. The van der Waals surface area contributed by atoms with Crippen LogP contribution in [0.2, 0.25) is 0 Å². The molecule has 138 valence electrons. The van der Waals surface area contributed by atoms with Gasteiger partial charge in [-0.2, -0.15) is 0 Å². The smallest absolute Gasteiger partial charge is 0.293 e. The fraction of sp³-hybridized carbons (Fsp3) is 0.278. The number of benzene rings is 1. The lowest BCUT2D eigenvalue weighted by atomic mass is 10.1. The molecule has 0 amide bonds. The van der Waals surface area contributed by atoms with E-state index >= 15 is 0 Å². The summed E-state index contributed by atoms with van der Waals surface area (Å²) in [7, 11) is 0. The number of H-pyrrole nitrogens is 1. The number of rotatable bonds is 5. The summed E-state index contributed by atoms with van der Waals surface area (Å²) in [5.41, 5.74) is 1.14. The van der Waals surface area contributed by atoms with Crippen LogP contribution in [0.25, 0.3) is 10.9 Å². The highest BCUT2D eigenvalue weighted by Crippen LogP contribution is 2.28. The van der Waals surface area contributed by atoms with E-state index in [9.17, 15) is 14.9 Å². The molecule has 0 aliphatic carbocycles. The molecular weight excluding hydrogens is 348 g/mol. The van der Waals surface area contributed by atoms with Crippen molar-refractivity contribution in [2.24, 2.45) is 0 Å². The zero-order valence-corrected chi connectivity index (χ0v) is 14.5. The Morgan fingerprint density at radius 1 is 1.22 bits per heavy atom. The number of hydrogen-bond donors (Lipinski definition) is 2. The second kappa shape index (κ2) is 7.02. The Morgan fingerprint density at radius 2 is 2.04 bits per heavy atom. The first kappa shape index (κ1) is 17.0. The number of aromatic nitrogens is 3. The lowest BCUT2D eigenvalue weighted by molar-refractivity contribution is -0.383. The Labute approximate surface area is 154 Å². The van der Waals surface area contributed by atoms with Gasteiger partial charge in [-0.3, -0.25) is 14.9 Å². The van der Waals surface area contributed by atoms with Gasteiger partial charge in [-0.15, -0.1) is 0 Å². The summed E-state index contributed by atoms with van der Waals surface area (Å²) in [6.45, 7) is 2.40. The highest BCUT2D eigenvalue weighted by molar-refractivity contribution is 5.86. The molecule has 2 N–H and O–H groups in total. The zero-order valence-electron chi connectivity index (χ0n) is 14.5. The predicted octanol–water partition coefficient (Wildman–Crippen LogP) is 2.44. The largest absolute Gasteiger partial charge is 0.375 e. The van der Waals surface area contributed by atoms with Gasteiger partial charge in [0.1, 0.15) is 11.5 Å². The molecule has 0 radical (unpaired) electrons. The lowest BCUT2D eigenvalue weighted by Gasteiger charge is -2.17. The van der Waals surface area contributed by atoms with Gasteiger partial charge < -0.3 is 15.2 Å². The average Bonchev–Trinajstić information content (AvgIpc) is 3.21. The third-order valence-corrected chi connectivity index (χ3v) is 4.68. The Kier molecular flexibility index (Phi) is 4.41. The molecule has 1 aromatic carbocycles. The highest BCUT2D eigenvalue weighted by atomic mass is 16.6. The molecule has 0 spiro atoms. The maximum absolute atomic E-state index is 11.9. The van der Waals surface area contributed by atoms with Crippen LogP contribution in [0, 0.1) is 10.1 Å². The fourth-order valence-electron chi connectivity index (χ4n) is 3.28. The first-order valence-electron chi connectivity index (χ1n) is 8.71. The first-order valence-corrected chi connectivity index (χ1v) is 8.71. The maximum atomic E-state index is 11.9. The second-order valence-corrected chi connectivity index (χ2v) is 6.45. The number of pyridine rings is 1. The van der Waals surface area contributed by atoms with Gasteiger partial charge in [-0.1, -0.05) is 0 Å². The number of nitrogens with zero attached hydrogens (tertiary/aromatic N) is 4. The van der Waals surface area contributed by atoms with Crippen LogP contribution in [0.4, 0.5) is 17.2 Å². The monoisotopic (exact) mass is 366 g/mol. The quantitative estimate of drug-likeness (QED) is 0.526. The first-order chi connectivity index (χ1) is 13.1. The molecule has 0 atom stereocenters. The molecular formula is C18H18N6O3. The van der Waals surface area contributed by atoms with E-state index in [-0.39, 0.29) is 11.1 Å². The van der Waals surface area contributed by atoms with Gasteiger partial charge in [0.2, 0.25) is 0 Å². The van der Waals surface area contributed by atoms with Gasteiger partial charge in [0.15, 0.2) is 0 Å². The molecule has 2 aromatic heterocycles. The van der Waals surface area contributed by atoms with Crippen molar-refractivity contribution in [1.82, 2.24) is 15.0 Å². The normalized spacial score (nSPS) is 13.9. The van der Waals surface area contributed by atoms with Crippen molar-refractivity contribution >= 4 is 28.1 Å². The third-order valence-electron chi connectivity index (χ3n) is 4.68. The van der Waals surface area contributed by atoms with Crippen LogP contribution in [0.5, 0.6) is 0 Å². The van der Waals surface area contributed by atoms with Crippen molar-refractivity contribution in [3.63, 3.8) is 0 Å². The molecule has 27 heavy (non-hydrogen) atoms. The summed E-state index contributed by atoms with van der Waals surface area (Å²) >= 11 is 0. The number of nitrogens with one attached hydrogen (secondary N) is 2. The summed E-state index contributed by atoms with van der Waals surface area (Å²) in [6.07, 6.45) is 5.37. The minimum Gasteiger partial charge on any atom is -0.375 e. The number of nitro benzene ring substituents is 1. The standard InChI is InChI=1S/C18H18N6O3/c25-18-13-8-16(24(26)27)15(9-14(13)21-11-22-18)20-10-12-3-4-19-17(7-12)23-5-1-2-6-23/h3-4,7-9,11,20H,1-2,5-6,10H2,(H,21,22,25). The van der Waals surface area contributed by atoms with Crippen LogP contribution in [0.1, 0.15) is 18.4 Å². The number of hydrogen-bond acceptors (Lipinski definition) is 7. The minimum atomic E-state index is -0.504. The van der Waals surface area contributed by atoms with Crippen LogP contribution >= 0.6 is 0 Å². The van der Waals surface area contributed by atoms with Crippen LogP contribution in [0.3, 0.4) is 0 Å². The van der Waals surface area contributed by atoms with Gasteiger partial charge >= 0.3 is 0 Å².